The first-order valence-electron chi connectivity index (χ1n) is 6.98. The fourth-order valence-corrected chi connectivity index (χ4v) is 2.41. The lowest BCUT2D eigenvalue weighted by atomic mass is 10.1. The summed E-state index contributed by atoms with van der Waals surface area (Å²) in [7, 11) is 2.00. The average Bonchev–Trinajstić information content (AvgIpc) is 2.74. The molecule has 4 heteroatoms. The first-order valence-corrected chi connectivity index (χ1v) is 6.98. The van der Waals surface area contributed by atoms with Crippen molar-refractivity contribution in [2.24, 2.45) is 7.05 Å². The van der Waals surface area contributed by atoms with E-state index < -0.39 is 0 Å². The highest BCUT2D eigenvalue weighted by Crippen LogP contribution is 2.18. The van der Waals surface area contributed by atoms with Gasteiger partial charge in [-0.15, -0.1) is 0 Å². The van der Waals surface area contributed by atoms with Gasteiger partial charge in [-0.25, -0.2) is 0 Å². The zero-order chi connectivity index (χ0) is 13.7. The van der Waals surface area contributed by atoms with Crippen molar-refractivity contribution < 1.29 is 4.74 Å². The average molecular weight is 261 g/mol. The maximum atomic E-state index is 5.54. The smallest absolute Gasteiger partial charge is 0.0719 e. The Morgan fingerprint density at radius 3 is 2.84 bits per heavy atom. The van der Waals surface area contributed by atoms with Crippen LogP contribution in [0.1, 0.15) is 19.5 Å². The molecule has 0 fully saturated rings. The van der Waals surface area contributed by atoms with Crippen LogP contribution in [0.5, 0.6) is 0 Å². The summed E-state index contributed by atoms with van der Waals surface area (Å²) in [6.07, 6.45) is 0.898. The predicted octanol–water partition coefficient (Wildman–Crippen LogP) is 2.13. The van der Waals surface area contributed by atoms with E-state index in [1.807, 2.05) is 18.7 Å². The highest BCUT2D eigenvalue weighted by atomic mass is 16.5. The maximum absolute atomic E-state index is 5.54. The van der Waals surface area contributed by atoms with Crippen LogP contribution in [-0.2, 0) is 18.2 Å². The van der Waals surface area contributed by atoms with Gasteiger partial charge in [0, 0.05) is 31.5 Å². The Bertz CT molecular complexity index is 521. The van der Waals surface area contributed by atoms with Crippen LogP contribution in [0.4, 0.5) is 0 Å². The van der Waals surface area contributed by atoms with Crippen molar-refractivity contribution in [3.8, 4) is 0 Å². The van der Waals surface area contributed by atoms with Crippen molar-refractivity contribution in [1.82, 2.24) is 15.1 Å². The number of para-hydroxylation sites is 1. The highest BCUT2D eigenvalue weighted by Gasteiger charge is 2.14. The molecule has 1 aromatic heterocycles. The van der Waals surface area contributed by atoms with E-state index in [4.69, 9.17) is 4.74 Å². The second-order valence-corrected chi connectivity index (χ2v) is 4.71. The number of likely N-dealkylation sites (N-methyl/N-ethyl adjacent to an activating group) is 1. The minimum atomic E-state index is 0.322. The number of hydrogen-bond acceptors (Lipinski definition) is 3. The van der Waals surface area contributed by atoms with E-state index in [1.165, 1.54) is 10.9 Å². The molecule has 2 rings (SSSR count). The molecule has 19 heavy (non-hydrogen) atoms. The molecular formula is C15H23N3O. The summed E-state index contributed by atoms with van der Waals surface area (Å²) in [5.74, 6) is 0. The largest absolute Gasteiger partial charge is 0.380 e. The van der Waals surface area contributed by atoms with Crippen molar-refractivity contribution in [2.75, 3.05) is 19.8 Å². The van der Waals surface area contributed by atoms with Gasteiger partial charge in [0.05, 0.1) is 17.8 Å². The molecular weight excluding hydrogens is 238 g/mol. The van der Waals surface area contributed by atoms with Gasteiger partial charge in [0.2, 0.25) is 0 Å². The number of nitrogens with zero attached hydrogens (tertiary/aromatic N) is 2. The standard InChI is InChI=1S/C15H23N3O/c1-4-16-12(11-19-5-2)10-14-13-8-6-7-9-15(13)18(3)17-14/h6-9,12,16H,4-5,10-11H2,1-3H3. The fourth-order valence-electron chi connectivity index (χ4n) is 2.41. The molecule has 0 aliphatic rings. The number of nitrogens with one attached hydrogen (secondary N) is 1. The van der Waals surface area contributed by atoms with Crippen molar-refractivity contribution in [2.45, 2.75) is 26.3 Å². The van der Waals surface area contributed by atoms with E-state index in [2.05, 4.69) is 41.6 Å². The molecule has 1 unspecified atom stereocenters. The first kappa shape index (κ1) is 14.0. The molecule has 1 atom stereocenters. The molecule has 0 radical (unpaired) electrons. The number of fused-ring (bicyclic) bond motifs is 1. The molecule has 0 spiro atoms. The Kier molecular flexibility index (Phi) is 4.93. The normalized spacial score (nSPS) is 13.0. The molecule has 0 aliphatic heterocycles. The van der Waals surface area contributed by atoms with Crippen LogP contribution in [0.2, 0.25) is 0 Å². The van der Waals surface area contributed by atoms with E-state index in [1.54, 1.807) is 0 Å². The third-order valence-corrected chi connectivity index (χ3v) is 3.29. The molecule has 1 N–H and O–H groups in total. The number of ether oxygens (including phenoxy) is 1. The summed E-state index contributed by atoms with van der Waals surface area (Å²) in [6, 6.07) is 8.69. The lowest BCUT2D eigenvalue weighted by Gasteiger charge is -2.16. The minimum absolute atomic E-state index is 0.322. The number of benzene rings is 1. The van der Waals surface area contributed by atoms with Crippen molar-refractivity contribution >= 4 is 10.9 Å². The number of aromatic nitrogens is 2. The van der Waals surface area contributed by atoms with Crippen LogP contribution in [0.25, 0.3) is 10.9 Å². The Morgan fingerprint density at radius 2 is 2.11 bits per heavy atom. The van der Waals surface area contributed by atoms with Gasteiger partial charge in [0.15, 0.2) is 0 Å². The van der Waals surface area contributed by atoms with Crippen LogP contribution in [0.3, 0.4) is 0 Å². The third kappa shape index (κ3) is 3.33. The quantitative estimate of drug-likeness (QED) is 0.830. The molecule has 4 nitrogen and oxygen atoms in total. The highest BCUT2D eigenvalue weighted by molar-refractivity contribution is 5.81. The van der Waals surface area contributed by atoms with Gasteiger partial charge in [-0.1, -0.05) is 25.1 Å². The van der Waals surface area contributed by atoms with Gasteiger partial charge in [-0.3, -0.25) is 4.68 Å². The van der Waals surface area contributed by atoms with E-state index in [-0.39, 0.29) is 0 Å². The summed E-state index contributed by atoms with van der Waals surface area (Å²) in [6.45, 7) is 6.58. The van der Waals surface area contributed by atoms with Crippen molar-refractivity contribution in [3.63, 3.8) is 0 Å². The van der Waals surface area contributed by atoms with E-state index >= 15 is 0 Å². The van der Waals surface area contributed by atoms with Crippen LogP contribution < -0.4 is 5.32 Å². The molecule has 0 aliphatic carbocycles. The summed E-state index contributed by atoms with van der Waals surface area (Å²) in [4.78, 5) is 0. The van der Waals surface area contributed by atoms with Crippen LogP contribution in [0.15, 0.2) is 24.3 Å². The zero-order valence-electron chi connectivity index (χ0n) is 12.0. The number of hydrogen-bond donors (Lipinski definition) is 1. The third-order valence-electron chi connectivity index (χ3n) is 3.29. The van der Waals surface area contributed by atoms with Crippen molar-refractivity contribution in [1.29, 1.82) is 0 Å². The van der Waals surface area contributed by atoms with E-state index in [0.717, 1.165) is 31.9 Å². The van der Waals surface area contributed by atoms with Gasteiger partial charge in [-0.05, 0) is 19.5 Å². The van der Waals surface area contributed by atoms with Gasteiger partial charge in [-0.2, -0.15) is 5.10 Å². The van der Waals surface area contributed by atoms with Gasteiger partial charge >= 0.3 is 0 Å². The second-order valence-electron chi connectivity index (χ2n) is 4.71. The molecule has 1 aromatic carbocycles. The summed E-state index contributed by atoms with van der Waals surface area (Å²) in [5.41, 5.74) is 2.33. The van der Waals surface area contributed by atoms with E-state index in [0.29, 0.717) is 6.04 Å². The van der Waals surface area contributed by atoms with Gasteiger partial charge < -0.3 is 10.1 Å². The topological polar surface area (TPSA) is 39.1 Å². The number of rotatable bonds is 7. The first-order chi connectivity index (χ1) is 9.26. The lowest BCUT2D eigenvalue weighted by Crippen LogP contribution is -2.35. The molecule has 0 saturated carbocycles. The molecule has 104 valence electrons. The van der Waals surface area contributed by atoms with Crippen LogP contribution in [0, 0.1) is 0 Å². The van der Waals surface area contributed by atoms with Crippen molar-refractivity contribution in [3.05, 3.63) is 30.0 Å². The molecule has 1 heterocycles. The minimum Gasteiger partial charge on any atom is -0.380 e. The van der Waals surface area contributed by atoms with E-state index in [9.17, 15) is 0 Å². The van der Waals surface area contributed by atoms with Crippen LogP contribution in [-0.4, -0.2) is 35.6 Å². The molecule has 2 aromatic rings. The Labute approximate surface area is 114 Å². The Hall–Kier alpha value is -1.39. The summed E-state index contributed by atoms with van der Waals surface area (Å²) < 4.78 is 7.49. The number of aryl methyl sites for hydroxylation is 1. The molecule has 0 bridgehead atoms. The Morgan fingerprint density at radius 1 is 1.32 bits per heavy atom. The Balaban J connectivity index is 2.18. The molecule has 0 saturated heterocycles. The van der Waals surface area contributed by atoms with Gasteiger partial charge in [0.1, 0.15) is 0 Å². The lowest BCUT2D eigenvalue weighted by molar-refractivity contribution is 0.123. The maximum Gasteiger partial charge on any atom is 0.0719 e. The zero-order valence-corrected chi connectivity index (χ0v) is 12.0. The monoisotopic (exact) mass is 261 g/mol. The summed E-state index contributed by atoms with van der Waals surface area (Å²) in [5, 5.41) is 9.35. The van der Waals surface area contributed by atoms with Gasteiger partial charge in [0.25, 0.3) is 0 Å². The summed E-state index contributed by atoms with van der Waals surface area (Å²) >= 11 is 0. The molecule has 0 amide bonds. The predicted molar refractivity (Wildman–Crippen MR) is 78.4 cm³/mol. The SMILES string of the molecule is CCNC(COCC)Cc1nn(C)c2ccccc12. The second kappa shape index (κ2) is 6.68. The van der Waals surface area contributed by atoms with Crippen LogP contribution >= 0.6 is 0 Å². The fraction of sp³-hybridized carbons (Fsp3) is 0.533.